The van der Waals surface area contributed by atoms with Crippen LogP contribution in [-0.4, -0.2) is 36.1 Å². The molecular weight excluding hydrogens is 257 g/mol. The molecule has 0 atom stereocenters. The number of amides is 1. The fourth-order valence-corrected chi connectivity index (χ4v) is 1.99. The third-order valence-corrected chi connectivity index (χ3v) is 3.25. The molecule has 1 aliphatic rings. The monoisotopic (exact) mass is 275 g/mol. The van der Waals surface area contributed by atoms with Crippen molar-refractivity contribution in [2.75, 3.05) is 20.2 Å². The van der Waals surface area contributed by atoms with E-state index in [2.05, 4.69) is 11.8 Å². The van der Waals surface area contributed by atoms with Gasteiger partial charge in [0.25, 0.3) is 5.91 Å². The Hall–Kier alpha value is -1.86. The smallest absolute Gasteiger partial charge is 0.254 e. The molecule has 0 heterocycles. The van der Waals surface area contributed by atoms with Crippen LogP contribution in [-0.2, 0) is 0 Å². The van der Waals surface area contributed by atoms with E-state index in [1.165, 1.54) is 18.2 Å². The van der Waals surface area contributed by atoms with Crippen molar-refractivity contribution >= 4 is 5.91 Å². The number of hydrogen-bond donors (Lipinski definition) is 1. The number of hydrogen-bond acceptors (Lipinski definition) is 2. The van der Waals surface area contributed by atoms with Gasteiger partial charge in [-0.05, 0) is 37.0 Å². The molecule has 2 rings (SSSR count). The Morgan fingerprint density at radius 1 is 1.50 bits per heavy atom. The van der Waals surface area contributed by atoms with Crippen molar-refractivity contribution in [3.63, 3.8) is 0 Å². The second-order valence-electron chi connectivity index (χ2n) is 5.09. The molecule has 1 N–H and O–H groups in total. The molecule has 4 heteroatoms. The first kappa shape index (κ1) is 14.5. The van der Waals surface area contributed by atoms with Crippen LogP contribution in [0.25, 0.3) is 0 Å². The van der Waals surface area contributed by atoms with Crippen molar-refractivity contribution in [2.24, 2.45) is 5.92 Å². The molecule has 1 amide bonds. The molecule has 1 fully saturated rings. The lowest BCUT2D eigenvalue weighted by Gasteiger charge is -2.17. The maximum atomic E-state index is 13.4. The van der Waals surface area contributed by atoms with Crippen LogP contribution in [0.5, 0.6) is 0 Å². The first-order valence-electron chi connectivity index (χ1n) is 6.76. The van der Waals surface area contributed by atoms with E-state index in [1.54, 1.807) is 11.9 Å². The predicted octanol–water partition coefficient (Wildman–Crippen LogP) is 2.04. The summed E-state index contributed by atoms with van der Waals surface area (Å²) in [7, 11) is 1.73. The van der Waals surface area contributed by atoms with Gasteiger partial charge < -0.3 is 10.0 Å². The highest BCUT2D eigenvalue weighted by molar-refractivity contribution is 5.96. The quantitative estimate of drug-likeness (QED) is 0.854. The second kappa shape index (κ2) is 6.53. The van der Waals surface area contributed by atoms with Gasteiger partial charge in [0.2, 0.25) is 0 Å². The highest BCUT2D eigenvalue weighted by Gasteiger charge is 2.26. The number of halogens is 1. The number of aliphatic hydroxyl groups is 1. The van der Waals surface area contributed by atoms with Crippen LogP contribution in [0.3, 0.4) is 0 Å². The number of nitrogens with zero attached hydrogens (tertiary/aromatic N) is 1. The van der Waals surface area contributed by atoms with Crippen LogP contribution in [0.1, 0.15) is 35.2 Å². The van der Waals surface area contributed by atoms with Crippen LogP contribution in [0, 0.1) is 23.6 Å². The van der Waals surface area contributed by atoms with E-state index in [1.807, 2.05) is 0 Å². The number of carbonyl (C=O) groups is 1. The minimum absolute atomic E-state index is 0.0287. The summed E-state index contributed by atoms with van der Waals surface area (Å²) in [6.45, 7) is 0.678. The summed E-state index contributed by atoms with van der Waals surface area (Å²) >= 11 is 0. The highest BCUT2D eigenvalue weighted by atomic mass is 19.1. The van der Waals surface area contributed by atoms with Crippen LogP contribution in [0.2, 0.25) is 0 Å². The van der Waals surface area contributed by atoms with Crippen LogP contribution in [0.15, 0.2) is 18.2 Å². The summed E-state index contributed by atoms with van der Waals surface area (Å²) in [6, 6.07) is 4.03. The van der Waals surface area contributed by atoms with Gasteiger partial charge in [-0.3, -0.25) is 4.79 Å². The fraction of sp³-hybridized carbons (Fsp3) is 0.438. The van der Waals surface area contributed by atoms with Gasteiger partial charge in [-0.2, -0.15) is 0 Å². The van der Waals surface area contributed by atoms with E-state index in [9.17, 15) is 9.18 Å². The molecule has 3 nitrogen and oxygen atoms in total. The molecule has 1 aromatic carbocycles. The molecule has 0 unspecified atom stereocenters. The number of rotatable bonds is 4. The van der Waals surface area contributed by atoms with Gasteiger partial charge in [0.1, 0.15) is 5.82 Å². The molecule has 106 valence electrons. The fourth-order valence-electron chi connectivity index (χ4n) is 1.99. The predicted molar refractivity (Wildman–Crippen MR) is 74.7 cm³/mol. The molecule has 1 aliphatic carbocycles. The first-order valence-corrected chi connectivity index (χ1v) is 6.76. The highest BCUT2D eigenvalue weighted by Crippen LogP contribution is 2.29. The molecular formula is C16H18FNO2. The van der Waals surface area contributed by atoms with Gasteiger partial charge in [-0.15, -0.1) is 0 Å². The van der Waals surface area contributed by atoms with Crippen molar-refractivity contribution < 1.29 is 14.3 Å². The summed E-state index contributed by atoms with van der Waals surface area (Å²) in [5.74, 6) is 5.52. The summed E-state index contributed by atoms with van der Waals surface area (Å²) in [4.78, 5) is 14.0. The third-order valence-electron chi connectivity index (χ3n) is 3.25. The van der Waals surface area contributed by atoms with Crippen molar-refractivity contribution in [2.45, 2.75) is 19.3 Å². The van der Waals surface area contributed by atoms with Gasteiger partial charge in [0, 0.05) is 25.6 Å². The van der Waals surface area contributed by atoms with E-state index >= 15 is 0 Å². The lowest BCUT2D eigenvalue weighted by Crippen LogP contribution is -2.29. The Labute approximate surface area is 118 Å². The Morgan fingerprint density at radius 2 is 2.25 bits per heavy atom. The zero-order valence-electron chi connectivity index (χ0n) is 11.5. The van der Waals surface area contributed by atoms with E-state index in [-0.39, 0.29) is 12.5 Å². The summed E-state index contributed by atoms with van der Waals surface area (Å²) < 4.78 is 13.4. The Balaban J connectivity index is 2.21. The topological polar surface area (TPSA) is 40.5 Å². The maximum Gasteiger partial charge on any atom is 0.254 e. The Bertz CT molecular complexity index is 555. The standard InChI is InChI=1S/C16H18FNO2/c1-18(11-12-5-6-12)16(20)15-10-14(17)8-7-13(15)4-2-3-9-19/h7-8,10,12,19H,3,5-6,9,11H2,1H3. The molecule has 0 aliphatic heterocycles. The lowest BCUT2D eigenvalue weighted by molar-refractivity contribution is 0.0788. The average Bonchev–Trinajstić information content (AvgIpc) is 3.23. The molecule has 1 saturated carbocycles. The Morgan fingerprint density at radius 3 is 2.90 bits per heavy atom. The molecule has 0 radical (unpaired) electrons. The van der Waals surface area contributed by atoms with Crippen LogP contribution < -0.4 is 0 Å². The molecule has 0 aromatic heterocycles. The Kier molecular flexibility index (Phi) is 4.75. The van der Waals surface area contributed by atoms with E-state index < -0.39 is 5.82 Å². The minimum Gasteiger partial charge on any atom is -0.395 e. The van der Waals surface area contributed by atoms with Gasteiger partial charge in [0.05, 0.1) is 12.2 Å². The van der Waals surface area contributed by atoms with Gasteiger partial charge in [-0.25, -0.2) is 4.39 Å². The maximum absolute atomic E-state index is 13.4. The largest absolute Gasteiger partial charge is 0.395 e. The number of benzene rings is 1. The molecule has 0 bridgehead atoms. The van der Waals surface area contributed by atoms with Gasteiger partial charge in [-0.1, -0.05) is 11.8 Å². The van der Waals surface area contributed by atoms with Gasteiger partial charge in [0.15, 0.2) is 0 Å². The van der Waals surface area contributed by atoms with Crippen molar-refractivity contribution in [1.82, 2.24) is 4.90 Å². The van der Waals surface area contributed by atoms with E-state index in [0.29, 0.717) is 30.0 Å². The number of carbonyl (C=O) groups excluding carboxylic acids is 1. The van der Waals surface area contributed by atoms with Crippen molar-refractivity contribution in [3.05, 3.63) is 35.1 Å². The lowest BCUT2D eigenvalue weighted by atomic mass is 10.1. The zero-order valence-corrected chi connectivity index (χ0v) is 11.5. The van der Waals surface area contributed by atoms with E-state index in [0.717, 1.165) is 12.8 Å². The first-order chi connectivity index (χ1) is 9.61. The average molecular weight is 275 g/mol. The summed E-state index contributed by atoms with van der Waals surface area (Å²) in [6.07, 6.45) is 2.65. The zero-order chi connectivity index (χ0) is 14.5. The van der Waals surface area contributed by atoms with Crippen LogP contribution >= 0.6 is 0 Å². The molecule has 20 heavy (non-hydrogen) atoms. The summed E-state index contributed by atoms with van der Waals surface area (Å²) in [5.41, 5.74) is 0.797. The molecule has 0 spiro atoms. The van der Waals surface area contributed by atoms with Crippen molar-refractivity contribution in [1.29, 1.82) is 0 Å². The molecule has 1 aromatic rings. The minimum atomic E-state index is -0.444. The normalized spacial score (nSPS) is 13.6. The number of aliphatic hydroxyl groups excluding tert-OH is 1. The van der Waals surface area contributed by atoms with Crippen molar-refractivity contribution in [3.8, 4) is 11.8 Å². The van der Waals surface area contributed by atoms with Crippen LogP contribution in [0.4, 0.5) is 4.39 Å². The molecule has 0 saturated heterocycles. The third kappa shape index (κ3) is 3.82. The van der Waals surface area contributed by atoms with Gasteiger partial charge >= 0.3 is 0 Å². The second-order valence-corrected chi connectivity index (χ2v) is 5.09. The van der Waals surface area contributed by atoms with E-state index in [4.69, 9.17) is 5.11 Å². The SMILES string of the molecule is CN(CC1CC1)C(=O)c1cc(F)ccc1C#CCCO. The summed E-state index contributed by atoms with van der Waals surface area (Å²) in [5, 5.41) is 8.72.